The summed E-state index contributed by atoms with van der Waals surface area (Å²) in [6.07, 6.45) is 0.740. The predicted octanol–water partition coefficient (Wildman–Crippen LogP) is -0.952. The maximum absolute atomic E-state index is 9.68. The van der Waals surface area contributed by atoms with Crippen molar-refractivity contribution in [1.82, 2.24) is 10.2 Å². The third-order valence-electron chi connectivity index (χ3n) is 1.20. The molecule has 3 nitrogen and oxygen atoms in total. The highest BCUT2D eigenvalue weighted by atomic mass is 16.1. The summed E-state index contributed by atoms with van der Waals surface area (Å²) in [6, 6.07) is 0. The molecule has 1 amide bonds. The topological polar surface area (TPSA) is 32.1 Å². The first-order valence-corrected chi connectivity index (χ1v) is 2.83. The highest BCUT2D eigenvalue weighted by Gasteiger charge is 2.14. The van der Waals surface area contributed by atoms with E-state index in [9.17, 15) is 4.79 Å². The lowest BCUT2D eigenvalue weighted by atomic mass is 10.6. The summed E-state index contributed by atoms with van der Waals surface area (Å²) < 4.78 is 0. The molecule has 0 saturated carbocycles. The second kappa shape index (κ2) is 2.67. The molecule has 0 aromatic carbocycles. The Morgan fingerprint density at radius 3 is 2.88 bits per heavy atom. The van der Waals surface area contributed by atoms with Gasteiger partial charge in [0.25, 0.3) is 0 Å². The maximum atomic E-state index is 9.68. The van der Waals surface area contributed by atoms with Gasteiger partial charge in [-0.15, -0.1) is 0 Å². The number of carbonyl (C=O) groups excluding carboxylic acids is 1. The van der Waals surface area contributed by atoms with Crippen molar-refractivity contribution in [2.45, 2.75) is 0 Å². The Hall–Kier alpha value is -0.570. The summed E-state index contributed by atoms with van der Waals surface area (Å²) in [7, 11) is 0. The molecule has 0 atom stereocenters. The average molecular weight is 114 g/mol. The standard InChI is InChI=1S/C5H10N2O/c8-5-6-1-2-7-3-4-7/h5H,1-4H2,(H,6,8). The molecular weight excluding hydrogens is 104 g/mol. The fourth-order valence-electron chi connectivity index (χ4n) is 0.576. The van der Waals surface area contributed by atoms with Gasteiger partial charge in [0.2, 0.25) is 6.41 Å². The molecule has 8 heavy (non-hydrogen) atoms. The average Bonchev–Trinajstić information content (AvgIpc) is 2.51. The molecule has 0 bridgehead atoms. The Morgan fingerprint density at radius 1 is 1.62 bits per heavy atom. The lowest BCUT2D eigenvalue weighted by Crippen LogP contribution is -2.19. The van der Waals surface area contributed by atoms with Crippen LogP contribution in [0.4, 0.5) is 0 Å². The van der Waals surface area contributed by atoms with Crippen molar-refractivity contribution in [1.29, 1.82) is 0 Å². The molecule has 0 unspecified atom stereocenters. The van der Waals surface area contributed by atoms with E-state index in [1.165, 1.54) is 13.1 Å². The minimum atomic E-state index is 0.740. The lowest BCUT2D eigenvalue weighted by molar-refractivity contribution is -0.109. The molecule has 3 heteroatoms. The van der Waals surface area contributed by atoms with Crippen LogP contribution in [0.25, 0.3) is 0 Å². The molecule has 46 valence electrons. The van der Waals surface area contributed by atoms with Gasteiger partial charge in [-0.05, 0) is 0 Å². The predicted molar refractivity (Wildman–Crippen MR) is 30.5 cm³/mol. The molecule has 0 aromatic heterocycles. The van der Waals surface area contributed by atoms with Gasteiger partial charge in [-0.25, -0.2) is 0 Å². The van der Waals surface area contributed by atoms with Gasteiger partial charge in [-0.3, -0.25) is 9.69 Å². The summed E-state index contributed by atoms with van der Waals surface area (Å²) in [5.74, 6) is 0. The quantitative estimate of drug-likeness (QED) is 0.290. The zero-order chi connectivity index (χ0) is 5.82. The molecule has 0 radical (unpaired) electrons. The van der Waals surface area contributed by atoms with Crippen LogP contribution in [0.15, 0.2) is 0 Å². The highest BCUT2D eigenvalue weighted by molar-refractivity contribution is 5.45. The van der Waals surface area contributed by atoms with Gasteiger partial charge < -0.3 is 5.32 Å². The third kappa shape index (κ3) is 1.93. The molecule has 1 rings (SSSR count). The van der Waals surface area contributed by atoms with E-state index in [0.29, 0.717) is 0 Å². The summed E-state index contributed by atoms with van der Waals surface area (Å²) >= 11 is 0. The molecule has 1 aliphatic heterocycles. The molecule has 1 aliphatic rings. The molecule has 1 N–H and O–H groups in total. The van der Waals surface area contributed by atoms with Crippen molar-refractivity contribution in [2.24, 2.45) is 0 Å². The number of nitrogens with one attached hydrogen (secondary N) is 1. The molecule has 0 aliphatic carbocycles. The van der Waals surface area contributed by atoms with Crippen LogP contribution in [0.1, 0.15) is 0 Å². The van der Waals surface area contributed by atoms with Crippen LogP contribution in [0.3, 0.4) is 0 Å². The number of rotatable bonds is 4. The Balaban J connectivity index is 1.80. The summed E-state index contributed by atoms with van der Waals surface area (Å²) in [5.41, 5.74) is 0. The van der Waals surface area contributed by atoms with Gasteiger partial charge in [-0.2, -0.15) is 0 Å². The van der Waals surface area contributed by atoms with E-state index in [1.807, 2.05) is 0 Å². The molecule has 0 aromatic rings. The van der Waals surface area contributed by atoms with E-state index in [2.05, 4.69) is 10.2 Å². The van der Waals surface area contributed by atoms with Gasteiger partial charge in [0.1, 0.15) is 0 Å². The Kier molecular flexibility index (Phi) is 1.86. The van der Waals surface area contributed by atoms with E-state index in [0.717, 1.165) is 19.5 Å². The van der Waals surface area contributed by atoms with Crippen molar-refractivity contribution in [2.75, 3.05) is 26.2 Å². The summed E-state index contributed by atoms with van der Waals surface area (Å²) in [5, 5.41) is 2.60. The van der Waals surface area contributed by atoms with E-state index in [4.69, 9.17) is 0 Å². The van der Waals surface area contributed by atoms with Gasteiger partial charge in [0, 0.05) is 26.2 Å². The first kappa shape index (κ1) is 5.56. The molecule has 1 fully saturated rings. The second-order valence-corrected chi connectivity index (χ2v) is 1.91. The van der Waals surface area contributed by atoms with Crippen LogP contribution in [0.5, 0.6) is 0 Å². The fraction of sp³-hybridized carbons (Fsp3) is 0.800. The van der Waals surface area contributed by atoms with Gasteiger partial charge in [0.15, 0.2) is 0 Å². The van der Waals surface area contributed by atoms with Crippen LogP contribution in [0.2, 0.25) is 0 Å². The van der Waals surface area contributed by atoms with E-state index < -0.39 is 0 Å². The van der Waals surface area contributed by atoms with Crippen molar-refractivity contribution in [3.05, 3.63) is 0 Å². The van der Waals surface area contributed by atoms with E-state index in [1.54, 1.807) is 0 Å². The summed E-state index contributed by atoms with van der Waals surface area (Å²) in [4.78, 5) is 11.9. The molecule has 1 saturated heterocycles. The van der Waals surface area contributed by atoms with Crippen molar-refractivity contribution < 1.29 is 4.79 Å². The fourth-order valence-corrected chi connectivity index (χ4v) is 0.576. The van der Waals surface area contributed by atoms with E-state index >= 15 is 0 Å². The van der Waals surface area contributed by atoms with Crippen molar-refractivity contribution in [3.63, 3.8) is 0 Å². The third-order valence-corrected chi connectivity index (χ3v) is 1.20. The normalized spacial score (nSPS) is 18.0. The van der Waals surface area contributed by atoms with Gasteiger partial charge in [0.05, 0.1) is 0 Å². The second-order valence-electron chi connectivity index (χ2n) is 1.91. The van der Waals surface area contributed by atoms with Gasteiger partial charge >= 0.3 is 0 Å². The molecule has 0 spiro atoms. The number of hydrogen-bond acceptors (Lipinski definition) is 2. The van der Waals surface area contributed by atoms with Gasteiger partial charge in [-0.1, -0.05) is 0 Å². The number of hydrogen-bond donors (Lipinski definition) is 1. The highest BCUT2D eigenvalue weighted by Crippen LogP contribution is 1.99. The van der Waals surface area contributed by atoms with Crippen LogP contribution >= 0.6 is 0 Å². The SMILES string of the molecule is O=CNCCN1CC1. The minimum absolute atomic E-state index is 0.740. The monoisotopic (exact) mass is 114 g/mol. The summed E-state index contributed by atoms with van der Waals surface area (Å²) in [6.45, 7) is 4.23. The van der Waals surface area contributed by atoms with Crippen molar-refractivity contribution >= 4 is 6.41 Å². The Labute approximate surface area is 48.7 Å². The van der Waals surface area contributed by atoms with Crippen LogP contribution in [-0.2, 0) is 4.79 Å². The van der Waals surface area contributed by atoms with Crippen molar-refractivity contribution in [3.8, 4) is 0 Å². The largest absolute Gasteiger partial charge is 0.357 e. The number of nitrogens with zero attached hydrogens (tertiary/aromatic N) is 1. The van der Waals surface area contributed by atoms with Crippen LogP contribution < -0.4 is 5.32 Å². The zero-order valence-electron chi connectivity index (χ0n) is 4.76. The Bertz CT molecular complexity index is 80.5. The Morgan fingerprint density at radius 2 is 2.38 bits per heavy atom. The van der Waals surface area contributed by atoms with E-state index in [-0.39, 0.29) is 0 Å². The molecular formula is C5H10N2O. The number of amides is 1. The zero-order valence-corrected chi connectivity index (χ0v) is 4.76. The lowest BCUT2D eigenvalue weighted by Gasteiger charge is -1.96. The molecule has 1 heterocycles. The first-order chi connectivity index (χ1) is 3.93. The van der Waals surface area contributed by atoms with Crippen LogP contribution in [-0.4, -0.2) is 37.5 Å². The van der Waals surface area contributed by atoms with Crippen LogP contribution in [0, 0.1) is 0 Å². The maximum Gasteiger partial charge on any atom is 0.207 e. The smallest absolute Gasteiger partial charge is 0.207 e. The minimum Gasteiger partial charge on any atom is -0.357 e. The number of carbonyl (C=O) groups is 1. The first-order valence-electron chi connectivity index (χ1n) is 2.83.